The number of halogens is 1. The van der Waals surface area contributed by atoms with Crippen molar-refractivity contribution in [2.45, 2.75) is 25.2 Å². The van der Waals surface area contributed by atoms with Gasteiger partial charge in [-0.2, -0.15) is 0 Å². The number of ketones is 1. The Labute approximate surface area is 135 Å². The molecule has 0 saturated heterocycles. The summed E-state index contributed by atoms with van der Waals surface area (Å²) < 4.78 is 0. The van der Waals surface area contributed by atoms with Crippen LogP contribution < -0.4 is 0 Å². The van der Waals surface area contributed by atoms with E-state index in [0.29, 0.717) is 11.4 Å². The van der Waals surface area contributed by atoms with Gasteiger partial charge in [-0.15, -0.1) is 0 Å². The molecule has 2 aromatic carbocycles. The topological polar surface area (TPSA) is 29.4 Å². The molecule has 0 amide bonds. The fraction of sp³-hybridized carbons (Fsp3) is 0.263. The van der Waals surface area contributed by atoms with Crippen LogP contribution in [0.25, 0.3) is 0 Å². The summed E-state index contributed by atoms with van der Waals surface area (Å²) in [5.74, 6) is -0.247. The van der Waals surface area contributed by atoms with Crippen molar-refractivity contribution in [3.8, 4) is 0 Å². The minimum Gasteiger partial charge on any atom is -0.298 e. The summed E-state index contributed by atoms with van der Waals surface area (Å²) in [5.41, 5.74) is 3.85. The second kappa shape index (κ2) is 6.05. The van der Waals surface area contributed by atoms with Crippen molar-refractivity contribution in [3.63, 3.8) is 0 Å². The van der Waals surface area contributed by atoms with E-state index in [0.717, 1.165) is 22.4 Å². The van der Waals surface area contributed by atoms with Crippen molar-refractivity contribution in [1.82, 2.24) is 0 Å². The molecule has 1 fully saturated rings. The van der Waals surface area contributed by atoms with Gasteiger partial charge in [-0.25, -0.2) is 0 Å². The maximum absolute atomic E-state index is 13.0. The number of carbonyl (C=O) groups excluding carboxylic acids is 1. The highest BCUT2D eigenvalue weighted by atomic mass is 35.5. The summed E-state index contributed by atoms with van der Waals surface area (Å²) >= 11 is 6.45. The fourth-order valence-electron chi connectivity index (χ4n) is 3.21. The lowest BCUT2D eigenvalue weighted by atomic mass is 9.90. The minimum atomic E-state index is -0.317. The van der Waals surface area contributed by atoms with Gasteiger partial charge in [0.2, 0.25) is 0 Å². The van der Waals surface area contributed by atoms with Gasteiger partial charge in [0, 0.05) is 30.1 Å². The number of rotatable bonds is 2. The first-order valence-corrected chi connectivity index (χ1v) is 7.80. The van der Waals surface area contributed by atoms with Crippen LogP contribution in [-0.2, 0) is 4.79 Å². The predicted octanol–water partition coefficient (Wildman–Crippen LogP) is 4.56. The molecule has 0 aromatic heterocycles. The number of nitrogens with zero attached hydrogens (tertiary/aromatic N) is 1. The summed E-state index contributed by atoms with van der Waals surface area (Å²) in [7, 11) is 1.76. The lowest BCUT2D eigenvalue weighted by Gasteiger charge is -2.14. The number of aliphatic imine (C=N–C) groups is 1. The Hall–Kier alpha value is -1.93. The van der Waals surface area contributed by atoms with Crippen molar-refractivity contribution in [3.05, 3.63) is 70.2 Å². The molecule has 1 saturated carbocycles. The molecule has 22 heavy (non-hydrogen) atoms. The Morgan fingerprint density at radius 3 is 2.50 bits per heavy atom. The van der Waals surface area contributed by atoms with Gasteiger partial charge < -0.3 is 0 Å². The van der Waals surface area contributed by atoms with E-state index in [9.17, 15) is 4.79 Å². The van der Waals surface area contributed by atoms with Crippen LogP contribution in [-0.4, -0.2) is 18.5 Å². The van der Waals surface area contributed by atoms with E-state index in [4.69, 9.17) is 11.6 Å². The molecule has 2 aromatic rings. The highest BCUT2D eigenvalue weighted by Crippen LogP contribution is 2.41. The number of hydrogen-bond acceptors (Lipinski definition) is 2. The zero-order valence-corrected chi connectivity index (χ0v) is 13.5. The standard InChI is InChI=1S/C19H18ClNO/c1-12-7-6-10-14(18(12)20)17-16(21-2)11-15(19(17)22)13-8-4-3-5-9-13/h3-10,15,17H,11H2,1-2H3. The van der Waals surface area contributed by atoms with Crippen LogP contribution in [0.4, 0.5) is 0 Å². The van der Waals surface area contributed by atoms with Crippen LogP contribution in [0.5, 0.6) is 0 Å². The SMILES string of the molecule is CN=C1CC(c2ccccc2)C(=O)C1c1cccc(C)c1Cl. The second-order valence-electron chi connectivity index (χ2n) is 5.70. The Balaban J connectivity index is 2.05. The van der Waals surface area contributed by atoms with Crippen LogP contribution in [0, 0.1) is 6.92 Å². The number of benzene rings is 2. The smallest absolute Gasteiger partial charge is 0.153 e. The average molecular weight is 312 g/mol. The Kier molecular flexibility index (Phi) is 4.12. The quantitative estimate of drug-likeness (QED) is 0.799. The largest absolute Gasteiger partial charge is 0.298 e. The molecule has 2 atom stereocenters. The van der Waals surface area contributed by atoms with Gasteiger partial charge >= 0.3 is 0 Å². The third kappa shape index (κ3) is 2.48. The third-order valence-corrected chi connectivity index (χ3v) is 4.91. The molecule has 0 aliphatic heterocycles. The lowest BCUT2D eigenvalue weighted by Crippen LogP contribution is -2.15. The van der Waals surface area contributed by atoms with Gasteiger partial charge in [0.05, 0.1) is 5.92 Å². The van der Waals surface area contributed by atoms with Crippen LogP contribution in [0.2, 0.25) is 5.02 Å². The minimum absolute atomic E-state index is 0.124. The first-order chi connectivity index (χ1) is 10.6. The van der Waals surface area contributed by atoms with Crippen LogP contribution in [0.1, 0.15) is 34.9 Å². The van der Waals surface area contributed by atoms with Gasteiger partial charge in [0.15, 0.2) is 5.78 Å². The molecule has 3 rings (SSSR count). The highest BCUT2D eigenvalue weighted by Gasteiger charge is 2.41. The van der Waals surface area contributed by atoms with E-state index >= 15 is 0 Å². The number of carbonyl (C=O) groups is 1. The van der Waals surface area contributed by atoms with Gasteiger partial charge in [0.1, 0.15) is 0 Å². The van der Waals surface area contributed by atoms with E-state index in [1.807, 2.05) is 55.5 Å². The third-order valence-electron chi connectivity index (χ3n) is 4.40. The summed E-state index contributed by atoms with van der Waals surface area (Å²) in [4.78, 5) is 17.4. The van der Waals surface area contributed by atoms with Crippen molar-refractivity contribution >= 4 is 23.1 Å². The summed E-state index contributed by atoms with van der Waals surface area (Å²) in [6, 6.07) is 15.8. The van der Waals surface area contributed by atoms with E-state index < -0.39 is 0 Å². The summed E-state index contributed by atoms with van der Waals surface area (Å²) in [5, 5.41) is 0.677. The van der Waals surface area contributed by atoms with Gasteiger partial charge in [-0.3, -0.25) is 9.79 Å². The van der Waals surface area contributed by atoms with Crippen LogP contribution >= 0.6 is 11.6 Å². The zero-order chi connectivity index (χ0) is 15.7. The van der Waals surface area contributed by atoms with Crippen molar-refractivity contribution in [2.24, 2.45) is 4.99 Å². The van der Waals surface area contributed by atoms with Crippen LogP contribution in [0.3, 0.4) is 0 Å². The highest BCUT2D eigenvalue weighted by molar-refractivity contribution is 6.33. The molecule has 3 heteroatoms. The van der Waals surface area contributed by atoms with E-state index in [1.54, 1.807) is 7.05 Å². The normalized spacial score (nSPS) is 23.2. The van der Waals surface area contributed by atoms with Gasteiger partial charge in [-0.1, -0.05) is 60.1 Å². The number of hydrogen-bond donors (Lipinski definition) is 0. The molecular formula is C19H18ClNO. The van der Waals surface area contributed by atoms with Crippen molar-refractivity contribution in [2.75, 3.05) is 7.05 Å². The van der Waals surface area contributed by atoms with Crippen molar-refractivity contribution < 1.29 is 4.79 Å². The van der Waals surface area contributed by atoms with Crippen LogP contribution in [0.15, 0.2) is 53.5 Å². The van der Waals surface area contributed by atoms with Gasteiger partial charge in [0.25, 0.3) is 0 Å². The van der Waals surface area contributed by atoms with Crippen molar-refractivity contribution in [1.29, 1.82) is 0 Å². The lowest BCUT2D eigenvalue weighted by molar-refractivity contribution is -0.119. The Morgan fingerprint density at radius 1 is 1.09 bits per heavy atom. The van der Waals surface area contributed by atoms with E-state index in [1.165, 1.54) is 0 Å². The molecule has 1 aliphatic carbocycles. The number of Topliss-reactive ketones (excluding diaryl/α,β-unsaturated/α-hetero) is 1. The molecule has 112 valence electrons. The molecule has 1 aliphatic rings. The average Bonchev–Trinajstić information content (AvgIpc) is 2.87. The predicted molar refractivity (Wildman–Crippen MR) is 91.1 cm³/mol. The Morgan fingerprint density at radius 2 is 1.82 bits per heavy atom. The molecule has 2 unspecified atom stereocenters. The first-order valence-electron chi connectivity index (χ1n) is 7.42. The molecule has 0 radical (unpaired) electrons. The first kappa shape index (κ1) is 15.0. The summed E-state index contributed by atoms with van der Waals surface area (Å²) in [6.45, 7) is 1.96. The molecule has 0 bridgehead atoms. The second-order valence-corrected chi connectivity index (χ2v) is 6.07. The fourth-order valence-corrected chi connectivity index (χ4v) is 3.44. The van der Waals surface area contributed by atoms with E-state index in [2.05, 4.69) is 4.99 Å². The Bertz CT molecular complexity index is 736. The monoisotopic (exact) mass is 311 g/mol. The van der Waals surface area contributed by atoms with Gasteiger partial charge in [-0.05, 0) is 23.6 Å². The molecule has 2 nitrogen and oxygen atoms in total. The molecule has 0 heterocycles. The molecule has 0 N–H and O–H groups in total. The zero-order valence-electron chi connectivity index (χ0n) is 12.7. The van der Waals surface area contributed by atoms with E-state index in [-0.39, 0.29) is 17.6 Å². The maximum atomic E-state index is 13.0. The maximum Gasteiger partial charge on any atom is 0.153 e. The summed E-state index contributed by atoms with van der Waals surface area (Å²) in [6.07, 6.45) is 0.675. The molecule has 0 spiro atoms. The number of aryl methyl sites for hydroxylation is 1. The molecular weight excluding hydrogens is 294 g/mol.